The number of rotatable bonds is 2. The van der Waals surface area contributed by atoms with Gasteiger partial charge in [0.2, 0.25) is 0 Å². The third-order valence-corrected chi connectivity index (χ3v) is 3.20. The van der Waals surface area contributed by atoms with Crippen molar-refractivity contribution in [1.82, 2.24) is 15.3 Å². The number of nitrogens with one attached hydrogen (secondary N) is 2. The lowest BCUT2D eigenvalue weighted by Gasteiger charge is -2.01. The molecule has 0 fully saturated rings. The van der Waals surface area contributed by atoms with Gasteiger partial charge in [0.25, 0.3) is 5.91 Å². The lowest BCUT2D eigenvalue weighted by atomic mass is 10.1. The largest absolute Gasteiger partial charge is 0.352 e. The summed E-state index contributed by atoms with van der Waals surface area (Å²) in [7, 11) is 0. The molecule has 0 bridgehead atoms. The molecule has 4 heteroatoms. The molecule has 108 valence electrons. The summed E-state index contributed by atoms with van der Waals surface area (Å²) in [5, 5.41) is 3.81. The number of H-pyrrole nitrogens is 1. The van der Waals surface area contributed by atoms with Gasteiger partial charge < -0.3 is 10.3 Å². The van der Waals surface area contributed by atoms with E-state index in [1.807, 2.05) is 37.3 Å². The van der Waals surface area contributed by atoms with Gasteiger partial charge in [-0.05, 0) is 49.2 Å². The van der Waals surface area contributed by atoms with Crippen molar-refractivity contribution in [2.45, 2.75) is 6.92 Å². The number of benzene rings is 1. The van der Waals surface area contributed by atoms with Gasteiger partial charge in [-0.25, -0.2) is 4.98 Å². The average Bonchev–Trinajstić information content (AvgIpc) is 2.96. The van der Waals surface area contributed by atoms with E-state index in [1.54, 1.807) is 18.3 Å². The quantitative estimate of drug-likeness (QED) is 0.713. The molecule has 0 unspecified atom stereocenters. The number of amides is 1. The Balaban J connectivity index is 1.87. The second kappa shape index (κ2) is 6.15. The molecule has 2 aromatic heterocycles. The standard InChI is InChI=1S/C18H15N3O/c1-2-19-18(22)15-6-3-5-13(11-15)8-9-16-12-14-7-4-10-20-17(14)21-16/h3-7,10-12H,2H2,1H3,(H,19,22)(H,20,21). The number of hydrogen-bond donors (Lipinski definition) is 2. The van der Waals surface area contributed by atoms with Gasteiger partial charge in [-0.15, -0.1) is 0 Å². The molecule has 2 N–H and O–H groups in total. The molecule has 1 aromatic carbocycles. The van der Waals surface area contributed by atoms with Crippen LogP contribution < -0.4 is 5.32 Å². The van der Waals surface area contributed by atoms with E-state index in [1.165, 1.54) is 0 Å². The van der Waals surface area contributed by atoms with E-state index < -0.39 is 0 Å². The molecule has 2 heterocycles. The first-order chi connectivity index (χ1) is 10.8. The highest BCUT2D eigenvalue weighted by Gasteiger charge is 2.03. The zero-order chi connectivity index (χ0) is 15.4. The van der Waals surface area contributed by atoms with Crippen LogP contribution in [0.25, 0.3) is 11.0 Å². The predicted molar refractivity (Wildman–Crippen MR) is 86.5 cm³/mol. The fourth-order valence-electron chi connectivity index (χ4n) is 2.17. The number of carbonyl (C=O) groups is 1. The van der Waals surface area contributed by atoms with E-state index in [2.05, 4.69) is 27.1 Å². The topological polar surface area (TPSA) is 57.8 Å². The Morgan fingerprint density at radius 1 is 1.23 bits per heavy atom. The van der Waals surface area contributed by atoms with Crippen LogP contribution in [0.15, 0.2) is 48.7 Å². The number of carbonyl (C=O) groups excluding carboxylic acids is 1. The van der Waals surface area contributed by atoms with E-state index in [-0.39, 0.29) is 5.91 Å². The van der Waals surface area contributed by atoms with Crippen molar-refractivity contribution in [2.24, 2.45) is 0 Å². The molecule has 0 saturated carbocycles. The van der Waals surface area contributed by atoms with Gasteiger partial charge in [-0.2, -0.15) is 0 Å². The smallest absolute Gasteiger partial charge is 0.251 e. The number of fused-ring (bicyclic) bond motifs is 1. The summed E-state index contributed by atoms with van der Waals surface area (Å²) in [6.07, 6.45) is 1.74. The Hall–Kier alpha value is -3.06. The summed E-state index contributed by atoms with van der Waals surface area (Å²) in [5.74, 6) is 6.06. The van der Waals surface area contributed by atoms with Gasteiger partial charge in [0, 0.05) is 29.3 Å². The second-order valence-corrected chi connectivity index (χ2v) is 4.81. The molecule has 0 spiro atoms. The summed E-state index contributed by atoms with van der Waals surface area (Å²) in [6.45, 7) is 2.50. The molecular weight excluding hydrogens is 274 g/mol. The summed E-state index contributed by atoms with van der Waals surface area (Å²) in [4.78, 5) is 19.2. The van der Waals surface area contributed by atoms with Crippen LogP contribution in [0.4, 0.5) is 0 Å². The fourth-order valence-corrected chi connectivity index (χ4v) is 2.17. The van der Waals surface area contributed by atoms with Gasteiger partial charge in [0.1, 0.15) is 5.65 Å². The van der Waals surface area contributed by atoms with E-state index in [0.29, 0.717) is 12.1 Å². The van der Waals surface area contributed by atoms with Crippen LogP contribution in [-0.4, -0.2) is 22.4 Å². The molecule has 0 radical (unpaired) electrons. The minimum absolute atomic E-state index is 0.0824. The zero-order valence-corrected chi connectivity index (χ0v) is 12.2. The Morgan fingerprint density at radius 2 is 2.14 bits per heavy atom. The van der Waals surface area contributed by atoms with Crippen molar-refractivity contribution in [3.8, 4) is 11.8 Å². The van der Waals surface area contributed by atoms with Crippen LogP contribution in [0.2, 0.25) is 0 Å². The molecule has 22 heavy (non-hydrogen) atoms. The first kappa shape index (κ1) is 13.9. The van der Waals surface area contributed by atoms with Crippen molar-refractivity contribution in [1.29, 1.82) is 0 Å². The van der Waals surface area contributed by atoms with Crippen LogP contribution in [0.5, 0.6) is 0 Å². The molecular formula is C18H15N3O. The Kier molecular flexibility index (Phi) is 3.88. The summed E-state index contributed by atoms with van der Waals surface area (Å²) in [6, 6.07) is 13.1. The van der Waals surface area contributed by atoms with E-state index in [0.717, 1.165) is 22.3 Å². The van der Waals surface area contributed by atoms with Crippen molar-refractivity contribution in [3.05, 3.63) is 65.5 Å². The molecule has 0 aliphatic heterocycles. The van der Waals surface area contributed by atoms with Crippen molar-refractivity contribution >= 4 is 16.9 Å². The molecule has 0 aliphatic carbocycles. The minimum Gasteiger partial charge on any atom is -0.352 e. The Labute approximate surface area is 128 Å². The van der Waals surface area contributed by atoms with Gasteiger partial charge in [0.15, 0.2) is 0 Å². The second-order valence-electron chi connectivity index (χ2n) is 4.81. The summed E-state index contributed by atoms with van der Waals surface area (Å²) < 4.78 is 0. The zero-order valence-electron chi connectivity index (χ0n) is 12.2. The highest BCUT2D eigenvalue weighted by molar-refractivity contribution is 5.94. The third kappa shape index (κ3) is 2.99. The fraction of sp³-hybridized carbons (Fsp3) is 0.111. The van der Waals surface area contributed by atoms with Gasteiger partial charge >= 0.3 is 0 Å². The number of aromatic amines is 1. The number of aromatic nitrogens is 2. The van der Waals surface area contributed by atoms with E-state index >= 15 is 0 Å². The van der Waals surface area contributed by atoms with Gasteiger partial charge in [-0.3, -0.25) is 4.79 Å². The lowest BCUT2D eigenvalue weighted by Crippen LogP contribution is -2.22. The number of nitrogens with zero attached hydrogens (tertiary/aromatic N) is 1. The monoisotopic (exact) mass is 289 g/mol. The molecule has 0 saturated heterocycles. The van der Waals surface area contributed by atoms with Crippen molar-refractivity contribution in [3.63, 3.8) is 0 Å². The SMILES string of the molecule is CCNC(=O)c1cccc(C#Cc2cc3cccnc3[nH]2)c1. The molecule has 1 amide bonds. The Bertz CT molecular complexity index is 851. The van der Waals surface area contributed by atoms with Gasteiger partial charge in [0.05, 0.1) is 5.69 Å². The minimum atomic E-state index is -0.0824. The highest BCUT2D eigenvalue weighted by atomic mass is 16.1. The Morgan fingerprint density at radius 3 is 2.95 bits per heavy atom. The molecule has 0 atom stereocenters. The van der Waals surface area contributed by atoms with E-state index in [9.17, 15) is 4.79 Å². The van der Waals surface area contributed by atoms with Crippen LogP contribution in [0.1, 0.15) is 28.5 Å². The van der Waals surface area contributed by atoms with Crippen LogP contribution in [0.3, 0.4) is 0 Å². The normalized spacial score (nSPS) is 10.0. The van der Waals surface area contributed by atoms with Crippen molar-refractivity contribution in [2.75, 3.05) is 6.54 Å². The maximum absolute atomic E-state index is 11.8. The van der Waals surface area contributed by atoms with Crippen LogP contribution in [0, 0.1) is 11.8 Å². The molecule has 0 aliphatic rings. The maximum Gasteiger partial charge on any atom is 0.251 e. The maximum atomic E-state index is 11.8. The number of hydrogen-bond acceptors (Lipinski definition) is 2. The van der Waals surface area contributed by atoms with Gasteiger partial charge in [-0.1, -0.05) is 12.0 Å². The lowest BCUT2D eigenvalue weighted by molar-refractivity contribution is 0.0956. The van der Waals surface area contributed by atoms with Crippen molar-refractivity contribution < 1.29 is 4.79 Å². The summed E-state index contributed by atoms with van der Waals surface area (Å²) >= 11 is 0. The molecule has 4 nitrogen and oxygen atoms in total. The summed E-state index contributed by atoms with van der Waals surface area (Å²) in [5.41, 5.74) is 3.04. The van der Waals surface area contributed by atoms with E-state index in [4.69, 9.17) is 0 Å². The van der Waals surface area contributed by atoms with Crippen LogP contribution in [-0.2, 0) is 0 Å². The first-order valence-corrected chi connectivity index (χ1v) is 7.10. The molecule has 3 aromatic rings. The van der Waals surface area contributed by atoms with Crippen LogP contribution >= 0.6 is 0 Å². The highest BCUT2D eigenvalue weighted by Crippen LogP contribution is 2.11. The molecule has 3 rings (SSSR count). The average molecular weight is 289 g/mol. The third-order valence-electron chi connectivity index (χ3n) is 3.20. The first-order valence-electron chi connectivity index (χ1n) is 7.10. The number of pyridine rings is 1. The predicted octanol–water partition coefficient (Wildman–Crippen LogP) is 2.71.